The molecule has 0 saturated heterocycles. The molecule has 0 atom stereocenters. The van der Waals surface area contributed by atoms with E-state index in [4.69, 9.17) is 9.47 Å². The summed E-state index contributed by atoms with van der Waals surface area (Å²) in [5.74, 6) is 0.928. The fraction of sp³-hybridized carbons (Fsp3) is 0.556. The van der Waals surface area contributed by atoms with Gasteiger partial charge >= 0.3 is 0 Å². The van der Waals surface area contributed by atoms with Crippen LogP contribution in [-0.4, -0.2) is 25.6 Å². The zero-order valence-electron chi connectivity index (χ0n) is 13.9. The van der Waals surface area contributed by atoms with Crippen LogP contribution in [0.25, 0.3) is 0 Å². The maximum absolute atomic E-state index is 5.73. The lowest BCUT2D eigenvalue weighted by atomic mass is 9.99. The third-order valence-electron chi connectivity index (χ3n) is 3.64. The fourth-order valence-electron chi connectivity index (χ4n) is 1.95. The molecule has 1 aromatic carbocycles. The molecule has 0 amide bonds. The Morgan fingerprint density at radius 3 is 2.48 bits per heavy atom. The lowest BCUT2D eigenvalue weighted by Gasteiger charge is -2.22. The number of benzene rings is 1. The average Bonchev–Trinajstić information content (AvgIpc) is 2.48. The van der Waals surface area contributed by atoms with E-state index in [0.29, 0.717) is 6.61 Å². The predicted octanol–water partition coefficient (Wildman–Crippen LogP) is 5.33. The summed E-state index contributed by atoms with van der Waals surface area (Å²) in [6, 6.07) is 8.22. The molecule has 0 saturated carbocycles. The second-order valence-corrected chi connectivity index (χ2v) is 6.73. The van der Waals surface area contributed by atoms with Gasteiger partial charge in [0.15, 0.2) is 0 Å². The SMILES string of the molecule is COC(C)(C)CCCC(C)=CCOc1ccc(SC)cc1. The zero-order chi connectivity index (χ0) is 15.7. The first-order chi connectivity index (χ1) is 9.96. The van der Waals surface area contributed by atoms with Gasteiger partial charge in [0.05, 0.1) is 5.60 Å². The molecule has 21 heavy (non-hydrogen) atoms. The normalized spacial score (nSPS) is 12.5. The molecule has 0 fully saturated rings. The van der Waals surface area contributed by atoms with Crippen molar-refractivity contribution in [3.63, 3.8) is 0 Å². The molecule has 0 aliphatic carbocycles. The van der Waals surface area contributed by atoms with Crippen LogP contribution in [0.15, 0.2) is 40.8 Å². The van der Waals surface area contributed by atoms with Crippen molar-refractivity contribution < 1.29 is 9.47 Å². The van der Waals surface area contributed by atoms with Crippen molar-refractivity contribution in [2.75, 3.05) is 20.0 Å². The summed E-state index contributed by atoms with van der Waals surface area (Å²) >= 11 is 1.74. The Kier molecular flexibility index (Phi) is 7.91. The van der Waals surface area contributed by atoms with Crippen LogP contribution in [0.2, 0.25) is 0 Å². The zero-order valence-corrected chi connectivity index (χ0v) is 14.8. The van der Waals surface area contributed by atoms with E-state index in [-0.39, 0.29) is 5.60 Å². The number of ether oxygens (including phenoxy) is 2. The molecule has 0 bridgehead atoms. The van der Waals surface area contributed by atoms with E-state index in [9.17, 15) is 0 Å². The topological polar surface area (TPSA) is 18.5 Å². The molecular weight excluding hydrogens is 280 g/mol. The molecule has 0 aliphatic rings. The number of thioether (sulfide) groups is 1. The molecule has 2 nitrogen and oxygen atoms in total. The van der Waals surface area contributed by atoms with Crippen molar-refractivity contribution in [3.8, 4) is 5.75 Å². The lowest BCUT2D eigenvalue weighted by molar-refractivity contribution is 0.0140. The molecule has 0 aliphatic heterocycles. The summed E-state index contributed by atoms with van der Waals surface area (Å²) in [7, 11) is 1.78. The Hall–Kier alpha value is -0.930. The van der Waals surface area contributed by atoms with Crippen LogP contribution in [0.4, 0.5) is 0 Å². The molecule has 0 N–H and O–H groups in total. The molecule has 0 aromatic heterocycles. The van der Waals surface area contributed by atoms with Crippen molar-refractivity contribution in [1.29, 1.82) is 0 Å². The molecule has 1 aromatic rings. The van der Waals surface area contributed by atoms with E-state index in [1.807, 2.05) is 12.1 Å². The van der Waals surface area contributed by atoms with Crippen molar-refractivity contribution in [3.05, 3.63) is 35.9 Å². The van der Waals surface area contributed by atoms with Gasteiger partial charge in [-0.3, -0.25) is 0 Å². The minimum atomic E-state index is -0.0180. The van der Waals surface area contributed by atoms with Crippen LogP contribution < -0.4 is 4.74 Å². The van der Waals surface area contributed by atoms with Crippen LogP contribution >= 0.6 is 11.8 Å². The molecule has 0 heterocycles. The Morgan fingerprint density at radius 2 is 1.90 bits per heavy atom. The largest absolute Gasteiger partial charge is 0.490 e. The molecule has 1 rings (SSSR count). The van der Waals surface area contributed by atoms with Gasteiger partial charge in [0.25, 0.3) is 0 Å². The van der Waals surface area contributed by atoms with E-state index in [1.54, 1.807) is 18.9 Å². The van der Waals surface area contributed by atoms with E-state index >= 15 is 0 Å². The summed E-state index contributed by atoms with van der Waals surface area (Å²) in [5, 5.41) is 0. The van der Waals surface area contributed by atoms with Crippen LogP contribution in [0.1, 0.15) is 40.0 Å². The first-order valence-electron chi connectivity index (χ1n) is 7.44. The van der Waals surface area contributed by atoms with Gasteiger partial charge in [-0.05, 0) is 76.6 Å². The third kappa shape index (κ3) is 7.58. The number of rotatable bonds is 9. The van der Waals surface area contributed by atoms with E-state index < -0.39 is 0 Å². The molecule has 0 radical (unpaired) electrons. The molecular formula is C18H28O2S. The van der Waals surface area contributed by atoms with Gasteiger partial charge < -0.3 is 9.47 Å². The minimum absolute atomic E-state index is 0.0180. The third-order valence-corrected chi connectivity index (χ3v) is 4.39. The summed E-state index contributed by atoms with van der Waals surface area (Å²) in [4.78, 5) is 1.26. The summed E-state index contributed by atoms with van der Waals surface area (Å²) < 4.78 is 11.2. The lowest BCUT2D eigenvalue weighted by Crippen LogP contribution is -2.21. The van der Waals surface area contributed by atoms with Crippen LogP contribution in [0, 0.1) is 0 Å². The van der Waals surface area contributed by atoms with E-state index in [1.165, 1.54) is 10.5 Å². The van der Waals surface area contributed by atoms with Crippen molar-refractivity contribution >= 4 is 11.8 Å². The highest BCUT2D eigenvalue weighted by molar-refractivity contribution is 7.98. The van der Waals surface area contributed by atoms with Crippen molar-refractivity contribution in [2.45, 2.75) is 50.5 Å². The Morgan fingerprint density at radius 1 is 1.24 bits per heavy atom. The first kappa shape index (κ1) is 18.1. The second-order valence-electron chi connectivity index (χ2n) is 5.85. The van der Waals surface area contributed by atoms with E-state index in [0.717, 1.165) is 25.0 Å². The van der Waals surface area contributed by atoms with Gasteiger partial charge in [0, 0.05) is 12.0 Å². The van der Waals surface area contributed by atoms with Gasteiger partial charge in [-0.1, -0.05) is 5.57 Å². The predicted molar refractivity (Wildman–Crippen MR) is 92.4 cm³/mol. The summed E-state index contributed by atoms with van der Waals surface area (Å²) in [6.45, 7) is 7.07. The van der Waals surface area contributed by atoms with Crippen LogP contribution in [0.5, 0.6) is 5.75 Å². The molecule has 0 unspecified atom stereocenters. The van der Waals surface area contributed by atoms with E-state index in [2.05, 4.69) is 45.2 Å². The average molecular weight is 308 g/mol. The second kappa shape index (κ2) is 9.16. The highest BCUT2D eigenvalue weighted by atomic mass is 32.2. The van der Waals surface area contributed by atoms with Crippen molar-refractivity contribution in [2.24, 2.45) is 0 Å². The minimum Gasteiger partial charge on any atom is -0.490 e. The maximum Gasteiger partial charge on any atom is 0.119 e. The highest BCUT2D eigenvalue weighted by Crippen LogP contribution is 2.20. The van der Waals surface area contributed by atoms with Crippen LogP contribution in [-0.2, 0) is 4.74 Å². The maximum atomic E-state index is 5.73. The molecule has 118 valence electrons. The van der Waals surface area contributed by atoms with Gasteiger partial charge in [-0.2, -0.15) is 0 Å². The number of methoxy groups -OCH3 is 1. The Labute approximate surface area is 133 Å². The number of hydrogen-bond donors (Lipinski definition) is 0. The molecule has 3 heteroatoms. The Balaban J connectivity index is 2.28. The van der Waals surface area contributed by atoms with Crippen LogP contribution in [0.3, 0.4) is 0 Å². The Bertz CT molecular complexity index is 435. The highest BCUT2D eigenvalue weighted by Gasteiger charge is 2.14. The standard InChI is InChI=1S/C18H28O2S/c1-15(7-6-13-18(2,3)19-4)12-14-20-16-8-10-17(21-5)11-9-16/h8-12H,6-7,13-14H2,1-5H3. The first-order valence-corrected chi connectivity index (χ1v) is 8.67. The van der Waals surface area contributed by atoms with Gasteiger partial charge in [0.1, 0.15) is 12.4 Å². The number of hydrogen-bond acceptors (Lipinski definition) is 3. The fourth-order valence-corrected chi connectivity index (χ4v) is 2.36. The summed E-state index contributed by atoms with van der Waals surface area (Å²) in [6.07, 6.45) is 7.56. The van der Waals surface area contributed by atoms with Crippen molar-refractivity contribution in [1.82, 2.24) is 0 Å². The molecule has 0 spiro atoms. The van der Waals surface area contributed by atoms with Gasteiger partial charge in [-0.15, -0.1) is 11.8 Å². The van der Waals surface area contributed by atoms with Gasteiger partial charge in [-0.25, -0.2) is 0 Å². The smallest absolute Gasteiger partial charge is 0.119 e. The quantitative estimate of drug-likeness (QED) is 0.454. The monoisotopic (exact) mass is 308 g/mol. The number of allylic oxidation sites excluding steroid dienone is 1. The summed E-state index contributed by atoms with van der Waals surface area (Å²) in [5.41, 5.74) is 1.36. The van der Waals surface area contributed by atoms with Gasteiger partial charge in [0.2, 0.25) is 0 Å².